The Hall–Kier alpha value is -1.16. The van der Waals surface area contributed by atoms with E-state index in [0.717, 1.165) is 5.75 Å². The van der Waals surface area contributed by atoms with E-state index < -0.39 is 0 Å². The lowest BCUT2D eigenvalue weighted by Crippen LogP contribution is -2.34. The third kappa shape index (κ3) is 3.17. The molecule has 0 bridgehead atoms. The molecule has 1 aromatic carbocycles. The van der Waals surface area contributed by atoms with Gasteiger partial charge in [-0.15, -0.1) is 0 Å². The zero-order chi connectivity index (χ0) is 12.1. The van der Waals surface area contributed by atoms with Crippen LogP contribution < -0.4 is 5.32 Å². The highest BCUT2D eigenvalue weighted by molar-refractivity contribution is 7.98. The number of aromatic hydroxyl groups is 1. The molecule has 0 saturated carbocycles. The van der Waals surface area contributed by atoms with Gasteiger partial charge in [0.2, 0.25) is 0 Å². The fourth-order valence-corrected chi connectivity index (χ4v) is 2.02. The van der Waals surface area contributed by atoms with E-state index in [1.807, 2.05) is 13.2 Å². The van der Waals surface area contributed by atoms with Gasteiger partial charge in [-0.25, -0.2) is 0 Å². The number of amides is 1. The van der Waals surface area contributed by atoms with Gasteiger partial charge in [0.15, 0.2) is 0 Å². The molecule has 3 nitrogen and oxygen atoms in total. The molecule has 1 atom stereocenters. The van der Waals surface area contributed by atoms with Crippen LogP contribution in [0.15, 0.2) is 18.2 Å². The van der Waals surface area contributed by atoms with Crippen LogP contribution in [0.5, 0.6) is 5.75 Å². The predicted molar refractivity (Wildman–Crippen MR) is 68.2 cm³/mol. The normalized spacial score (nSPS) is 12.2. The van der Waals surface area contributed by atoms with Crippen molar-refractivity contribution < 1.29 is 9.90 Å². The first kappa shape index (κ1) is 12.9. The van der Waals surface area contributed by atoms with E-state index in [4.69, 9.17) is 0 Å². The predicted octanol–water partition coefficient (Wildman–Crippen LogP) is 2.18. The van der Waals surface area contributed by atoms with E-state index >= 15 is 0 Å². The molecule has 0 aliphatic heterocycles. The van der Waals surface area contributed by atoms with Crippen LogP contribution in [0.3, 0.4) is 0 Å². The van der Waals surface area contributed by atoms with Gasteiger partial charge in [0.05, 0.1) is 5.56 Å². The summed E-state index contributed by atoms with van der Waals surface area (Å²) in [4.78, 5) is 11.8. The molecule has 0 aliphatic rings. The summed E-state index contributed by atoms with van der Waals surface area (Å²) in [6.07, 6.45) is 1.99. The number of rotatable bonds is 4. The standard InChI is InChI=1S/C12H17NO2S/c1-8-5-4-6-10(11(8)14)12(15)13-9(2)7-16-3/h4-6,9,14H,7H2,1-3H3,(H,13,15). The van der Waals surface area contributed by atoms with E-state index in [2.05, 4.69) is 5.32 Å². The lowest BCUT2D eigenvalue weighted by atomic mass is 10.1. The summed E-state index contributed by atoms with van der Waals surface area (Å²) in [5.74, 6) is 0.706. The lowest BCUT2D eigenvalue weighted by Gasteiger charge is -2.13. The Bertz CT molecular complexity index is 379. The van der Waals surface area contributed by atoms with E-state index in [0.29, 0.717) is 11.1 Å². The van der Waals surface area contributed by atoms with Crippen LogP contribution in [0.2, 0.25) is 0 Å². The Morgan fingerprint density at radius 2 is 2.25 bits per heavy atom. The van der Waals surface area contributed by atoms with Crippen molar-refractivity contribution in [1.82, 2.24) is 5.32 Å². The van der Waals surface area contributed by atoms with Crippen molar-refractivity contribution in [2.24, 2.45) is 0 Å². The summed E-state index contributed by atoms with van der Waals surface area (Å²) in [5.41, 5.74) is 1.05. The molecule has 1 rings (SSSR count). The lowest BCUT2D eigenvalue weighted by molar-refractivity contribution is 0.0941. The smallest absolute Gasteiger partial charge is 0.255 e. The molecule has 0 radical (unpaired) electrons. The van der Waals surface area contributed by atoms with Gasteiger partial charge in [0.25, 0.3) is 5.91 Å². The van der Waals surface area contributed by atoms with Crippen LogP contribution in [0.25, 0.3) is 0 Å². The van der Waals surface area contributed by atoms with Crippen molar-refractivity contribution in [2.45, 2.75) is 19.9 Å². The minimum atomic E-state index is -0.220. The average molecular weight is 239 g/mol. The Balaban J connectivity index is 2.77. The number of hydrogen-bond acceptors (Lipinski definition) is 3. The quantitative estimate of drug-likeness (QED) is 0.846. The zero-order valence-corrected chi connectivity index (χ0v) is 10.6. The van der Waals surface area contributed by atoms with Gasteiger partial charge < -0.3 is 10.4 Å². The molecular formula is C12H17NO2S. The molecule has 0 aliphatic carbocycles. The molecule has 0 aromatic heterocycles. The third-order valence-corrected chi connectivity index (χ3v) is 3.11. The number of thioether (sulfide) groups is 1. The molecule has 1 aromatic rings. The summed E-state index contributed by atoms with van der Waals surface area (Å²) in [7, 11) is 0. The minimum absolute atomic E-state index is 0.0661. The van der Waals surface area contributed by atoms with Gasteiger partial charge in [-0.05, 0) is 31.7 Å². The largest absolute Gasteiger partial charge is 0.507 e. The molecule has 0 heterocycles. The summed E-state index contributed by atoms with van der Waals surface area (Å²) in [5, 5.41) is 12.6. The fraction of sp³-hybridized carbons (Fsp3) is 0.417. The van der Waals surface area contributed by atoms with Gasteiger partial charge in [-0.2, -0.15) is 11.8 Å². The molecule has 0 fully saturated rings. The average Bonchev–Trinajstić information content (AvgIpc) is 2.22. The fourth-order valence-electron chi connectivity index (χ4n) is 1.44. The van der Waals surface area contributed by atoms with Gasteiger partial charge in [0.1, 0.15) is 5.75 Å². The Kier molecular flexibility index (Phi) is 4.68. The Morgan fingerprint density at radius 1 is 1.56 bits per heavy atom. The number of carbonyl (C=O) groups is 1. The van der Waals surface area contributed by atoms with Crippen molar-refractivity contribution in [3.05, 3.63) is 29.3 Å². The monoisotopic (exact) mass is 239 g/mol. The minimum Gasteiger partial charge on any atom is -0.507 e. The van der Waals surface area contributed by atoms with Crippen LogP contribution in [0.4, 0.5) is 0 Å². The number of nitrogens with one attached hydrogen (secondary N) is 1. The first-order valence-corrected chi connectivity index (χ1v) is 6.54. The first-order valence-electron chi connectivity index (χ1n) is 5.14. The first-order chi connectivity index (χ1) is 7.56. The molecule has 0 saturated heterocycles. The molecule has 88 valence electrons. The summed E-state index contributed by atoms with van der Waals surface area (Å²) >= 11 is 1.68. The van der Waals surface area contributed by atoms with Crippen LogP contribution in [-0.4, -0.2) is 29.1 Å². The SMILES string of the molecule is CSCC(C)NC(=O)c1cccc(C)c1O. The van der Waals surface area contributed by atoms with Crippen molar-refractivity contribution >= 4 is 17.7 Å². The Labute approximate surface area is 100 Å². The van der Waals surface area contributed by atoms with Crippen LogP contribution in [-0.2, 0) is 0 Å². The van der Waals surface area contributed by atoms with Crippen molar-refractivity contribution in [2.75, 3.05) is 12.0 Å². The maximum atomic E-state index is 11.8. The second kappa shape index (κ2) is 5.80. The molecule has 1 amide bonds. The van der Waals surface area contributed by atoms with Crippen LogP contribution >= 0.6 is 11.8 Å². The molecular weight excluding hydrogens is 222 g/mol. The maximum absolute atomic E-state index is 11.8. The maximum Gasteiger partial charge on any atom is 0.255 e. The van der Waals surface area contributed by atoms with Gasteiger partial charge in [-0.3, -0.25) is 4.79 Å². The van der Waals surface area contributed by atoms with Crippen molar-refractivity contribution in [1.29, 1.82) is 0 Å². The molecule has 0 spiro atoms. The number of phenolic OH excluding ortho intramolecular Hbond substituents is 1. The third-order valence-electron chi connectivity index (χ3n) is 2.28. The van der Waals surface area contributed by atoms with Gasteiger partial charge in [-0.1, -0.05) is 12.1 Å². The highest BCUT2D eigenvalue weighted by Gasteiger charge is 2.14. The number of aryl methyl sites for hydroxylation is 1. The molecule has 1 unspecified atom stereocenters. The summed E-state index contributed by atoms with van der Waals surface area (Å²) < 4.78 is 0. The number of carbonyl (C=O) groups excluding carboxylic acids is 1. The zero-order valence-electron chi connectivity index (χ0n) is 9.78. The van der Waals surface area contributed by atoms with Crippen molar-refractivity contribution in [3.8, 4) is 5.75 Å². The van der Waals surface area contributed by atoms with E-state index in [1.54, 1.807) is 36.9 Å². The van der Waals surface area contributed by atoms with Gasteiger partial charge >= 0.3 is 0 Å². The van der Waals surface area contributed by atoms with E-state index in [1.165, 1.54) is 0 Å². The summed E-state index contributed by atoms with van der Waals surface area (Å²) in [6.45, 7) is 3.72. The van der Waals surface area contributed by atoms with Gasteiger partial charge in [0, 0.05) is 11.8 Å². The number of hydrogen-bond donors (Lipinski definition) is 2. The van der Waals surface area contributed by atoms with Crippen LogP contribution in [0.1, 0.15) is 22.8 Å². The van der Waals surface area contributed by atoms with E-state index in [-0.39, 0.29) is 17.7 Å². The highest BCUT2D eigenvalue weighted by atomic mass is 32.2. The highest BCUT2D eigenvalue weighted by Crippen LogP contribution is 2.21. The topological polar surface area (TPSA) is 49.3 Å². The van der Waals surface area contributed by atoms with Crippen molar-refractivity contribution in [3.63, 3.8) is 0 Å². The number of benzene rings is 1. The van der Waals surface area contributed by atoms with E-state index in [9.17, 15) is 9.90 Å². The molecule has 4 heteroatoms. The second-order valence-corrected chi connectivity index (χ2v) is 4.71. The number of para-hydroxylation sites is 1. The Morgan fingerprint density at radius 3 is 2.88 bits per heavy atom. The molecule has 16 heavy (non-hydrogen) atoms. The van der Waals surface area contributed by atoms with Crippen LogP contribution in [0, 0.1) is 6.92 Å². The molecule has 2 N–H and O–H groups in total. The second-order valence-electron chi connectivity index (χ2n) is 3.80. The summed E-state index contributed by atoms with van der Waals surface area (Å²) in [6, 6.07) is 5.27. The number of phenols is 1.